The van der Waals surface area contributed by atoms with Crippen molar-refractivity contribution >= 4 is 17.9 Å². The first-order valence-corrected chi connectivity index (χ1v) is 12.2. The van der Waals surface area contributed by atoms with Gasteiger partial charge in [-0.25, -0.2) is 14.0 Å². The van der Waals surface area contributed by atoms with E-state index in [1.54, 1.807) is 0 Å². The summed E-state index contributed by atoms with van der Waals surface area (Å²) >= 11 is 0. The predicted molar refractivity (Wildman–Crippen MR) is 123 cm³/mol. The molecule has 11 nitrogen and oxygen atoms in total. The number of aromatic nitrogens is 2. The first-order chi connectivity index (χ1) is 16.8. The third-order valence-electron chi connectivity index (χ3n) is 5.60. The normalized spacial score (nSPS) is 21.6. The highest BCUT2D eigenvalue weighted by Gasteiger charge is 2.45. The maximum Gasteiger partial charge on any atom is 0.412 e. The van der Waals surface area contributed by atoms with E-state index in [-0.39, 0.29) is 19.6 Å². The van der Waals surface area contributed by atoms with Crippen LogP contribution in [0.15, 0.2) is 11.0 Å². The van der Waals surface area contributed by atoms with Gasteiger partial charge < -0.3 is 24.4 Å². The number of carbonyl (C=O) groups is 2. The number of esters is 1. The molecule has 0 radical (unpaired) electrons. The lowest BCUT2D eigenvalue weighted by Gasteiger charge is -2.17. The van der Waals surface area contributed by atoms with Gasteiger partial charge in [-0.2, -0.15) is 4.98 Å². The van der Waals surface area contributed by atoms with E-state index in [1.807, 2.05) is 6.92 Å². The summed E-state index contributed by atoms with van der Waals surface area (Å²) < 4.78 is 30.7. The fourth-order valence-electron chi connectivity index (χ4n) is 3.61. The standard InChI is InChI=1S/C23H36FN3O8/c1-3-5-7-9-11-33-17(28)13-16-18(29)19(30)21(35-16)27-14-15(24)20(25-22(27)31)26-23(32)34-12-10-8-6-4-2/h14,16,18-19,21,29-30H,3-13H2,1-2H3,(H,25,26,31,32)/t16-,18-,19-,21-/m1/s1. The second-order valence-corrected chi connectivity index (χ2v) is 8.48. The number of nitrogens with one attached hydrogen (secondary N) is 1. The van der Waals surface area contributed by atoms with E-state index in [0.717, 1.165) is 38.5 Å². The number of amides is 1. The number of aliphatic hydroxyl groups is 2. The SMILES string of the molecule is CCCCCCOC(=O)C[C@H]1O[C@@H](n2cc(F)c(NC(=O)OCCCCCC)nc2=O)[C@H](O)[C@@H]1O. The molecule has 198 valence electrons. The minimum Gasteiger partial charge on any atom is -0.466 e. The van der Waals surface area contributed by atoms with Crippen LogP contribution in [0.3, 0.4) is 0 Å². The van der Waals surface area contributed by atoms with Crippen molar-refractivity contribution in [1.29, 1.82) is 0 Å². The van der Waals surface area contributed by atoms with Crippen molar-refractivity contribution in [2.45, 2.75) is 96.2 Å². The predicted octanol–water partition coefficient (Wildman–Crippen LogP) is 2.64. The van der Waals surface area contributed by atoms with E-state index in [9.17, 15) is 29.0 Å². The number of aliphatic hydroxyl groups excluding tert-OH is 2. The molecule has 2 rings (SSSR count). The average Bonchev–Trinajstić information content (AvgIpc) is 3.09. The highest BCUT2D eigenvalue weighted by atomic mass is 19.1. The number of rotatable bonds is 14. The van der Waals surface area contributed by atoms with Crippen LogP contribution in [0.4, 0.5) is 15.0 Å². The second kappa shape index (κ2) is 14.7. The highest BCUT2D eigenvalue weighted by Crippen LogP contribution is 2.30. The molecule has 1 aromatic rings. The van der Waals surface area contributed by atoms with Gasteiger partial charge in [0, 0.05) is 0 Å². The van der Waals surface area contributed by atoms with Gasteiger partial charge in [0.25, 0.3) is 0 Å². The molecule has 0 unspecified atom stereocenters. The third kappa shape index (κ3) is 8.86. The number of unbranched alkanes of at least 4 members (excludes halogenated alkanes) is 6. The van der Waals surface area contributed by atoms with E-state index in [2.05, 4.69) is 17.2 Å². The van der Waals surface area contributed by atoms with Crippen LogP contribution >= 0.6 is 0 Å². The van der Waals surface area contributed by atoms with Crippen LogP contribution in [-0.2, 0) is 19.0 Å². The molecule has 0 spiro atoms. The van der Waals surface area contributed by atoms with Gasteiger partial charge in [0.1, 0.15) is 12.2 Å². The Balaban J connectivity index is 1.94. The van der Waals surface area contributed by atoms with Gasteiger partial charge >= 0.3 is 17.8 Å². The average molecular weight is 502 g/mol. The van der Waals surface area contributed by atoms with Gasteiger partial charge in [-0.3, -0.25) is 14.7 Å². The topological polar surface area (TPSA) is 149 Å². The van der Waals surface area contributed by atoms with E-state index < -0.39 is 53.9 Å². The van der Waals surface area contributed by atoms with Crippen molar-refractivity contribution in [2.75, 3.05) is 18.5 Å². The summed E-state index contributed by atoms with van der Waals surface area (Å²) in [7, 11) is 0. The minimum atomic E-state index is -1.62. The number of halogens is 1. The lowest BCUT2D eigenvalue weighted by atomic mass is 10.1. The van der Waals surface area contributed by atoms with Crippen LogP contribution < -0.4 is 11.0 Å². The Kier molecular flexibility index (Phi) is 12.1. The molecule has 1 aromatic heterocycles. The number of anilines is 1. The molecule has 0 aliphatic carbocycles. The molecule has 3 N–H and O–H groups in total. The van der Waals surface area contributed by atoms with E-state index >= 15 is 0 Å². The zero-order valence-electron chi connectivity index (χ0n) is 20.3. The number of hydrogen-bond acceptors (Lipinski definition) is 9. The first-order valence-electron chi connectivity index (χ1n) is 12.2. The van der Waals surface area contributed by atoms with Crippen LogP contribution in [0.5, 0.6) is 0 Å². The maximum absolute atomic E-state index is 14.5. The monoisotopic (exact) mass is 501 g/mol. The molecule has 1 amide bonds. The first kappa shape index (κ1) is 28.7. The molecule has 2 heterocycles. The van der Waals surface area contributed by atoms with Gasteiger partial charge in [0.15, 0.2) is 17.9 Å². The van der Waals surface area contributed by atoms with E-state index in [0.29, 0.717) is 23.6 Å². The van der Waals surface area contributed by atoms with Crippen molar-refractivity contribution in [2.24, 2.45) is 0 Å². The Labute approximate surface area is 203 Å². The van der Waals surface area contributed by atoms with Crippen LogP contribution in [0, 0.1) is 5.82 Å². The Morgan fingerprint density at radius 1 is 1.06 bits per heavy atom. The largest absolute Gasteiger partial charge is 0.466 e. The molecular weight excluding hydrogens is 465 g/mol. The van der Waals surface area contributed by atoms with Crippen molar-refractivity contribution in [3.63, 3.8) is 0 Å². The Bertz CT molecular complexity index is 881. The molecule has 0 saturated carbocycles. The van der Waals surface area contributed by atoms with E-state index in [4.69, 9.17) is 14.2 Å². The zero-order chi connectivity index (χ0) is 25.8. The van der Waals surface area contributed by atoms with Gasteiger partial charge in [-0.05, 0) is 12.8 Å². The fraction of sp³-hybridized carbons (Fsp3) is 0.739. The number of ether oxygens (including phenoxy) is 3. The molecule has 0 aromatic carbocycles. The Morgan fingerprint density at radius 2 is 1.69 bits per heavy atom. The molecule has 12 heteroatoms. The lowest BCUT2D eigenvalue weighted by molar-refractivity contribution is -0.148. The van der Waals surface area contributed by atoms with Crippen LogP contribution in [0.25, 0.3) is 0 Å². The zero-order valence-corrected chi connectivity index (χ0v) is 20.3. The van der Waals surface area contributed by atoms with Crippen molar-refractivity contribution < 1.29 is 38.4 Å². The lowest BCUT2D eigenvalue weighted by Crippen LogP contribution is -2.36. The molecule has 35 heavy (non-hydrogen) atoms. The summed E-state index contributed by atoms with van der Waals surface area (Å²) in [5.41, 5.74) is -1.04. The summed E-state index contributed by atoms with van der Waals surface area (Å²) in [6, 6.07) is 0. The van der Waals surface area contributed by atoms with Crippen molar-refractivity contribution in [1.82, 2.24) is 9.55 Å². The maximum atomic E-state index is 14.5. The number of carbonyl (C=O) groups excluding carboxylic acids is 2. The van der Waals surface area contributed by atoms with Gasteiger partial charge in [0.2, 0.25) is 0 Å². The molecule has 1 fully saturated rings. The van der Waals surface area contributed by atoms with Crippen molar-refractivity contribution in [3.8, 4) is 0 Å². The van der Waals surface area contributed by atoms with Gasteiger partial charge in [0.05, 0.1) is 31.9 Å². The van der Waals surface area contributed by atoms with Gasteiger partial charge in [-0.15, -0.1) is 0 Å². The molecule has 0 bridgehead atoms. The smallest absolute Gasteiger partial charge is 0.412 e. The summed E-state index contributed by atoms with van der Waals surface area (Å²) in [6.07, 6.45) is 0.911. The fourth-order valence-corrected chi connectivity index (χ4v) is 3.61. The Hall–Kier alpha value is -2.57. The minimum absolute atomic E-state index is 0.146. The van der Waals surface area contributed by atoms with Crippen molar-refractivity contribution in [3.05, 3.63) is 22.5 Å². The highest BCUT2D eigenvalue weighted by molar-refractivity contribution is 5.83. The summed E-state index contributed by atoms with van der Waals surface area (Å²) in [6.45, 7) is 4.49. The molecule has 4 atom stereocenters. The molecule has 1 saturated heterocycles. The quantitative estimate of drug-likeness (QED) is 0.258. The summed E-state index contributed by atoms with van der Waals surface area (Å²) in [5, 5.41) is 22.7. The molecular formula is C23H36FN3O8. The van der Waals surface area contributed by atoms with Gasteiger partial charge in [-0.1, -0.05) is 52.4 Å². The molecule has 1 aliphatic rings. The van der Waals surface area contributed by atoms with Crippen LogP contribution in [0.2, 0.25) is 0 Å². The second-order valence-electron chi connectivity index (χ2n) is 8.48. The van der Waals surface area contributed by atoms with Crippen LogP contribution in [0.1, 0.15) is 77.9 Å². The Morgan fingerprint density at radius 3 is 2.31 bits per heavy atom. The molecule has 1 aliphatic heterocycles. The summed E-state index contributed by atoms with van der Waals surface area (Å²) in [5.74, 6) is -2.34. The van der Waals surface area contributed by atoms with Crippen LogP contribution in [-0.4, -0.2) is 63.4 Å². The number of hydrogen-bond donors (Lipinski definition) is 3. The van der Waals surface area contributed by atoms with E-state index in [1.165, 1.54) is 0 Å². The third-order valence-corrected chi connectivity index (χ3v) is 5.60. The summed E-state index contributed by atoms with van der Waals surface area (Å²) in [4.78, 5) is 39.8. The number of nitrogens with zero attached hydrogens (tertiary/aromatic N) is 2.